The topological polar surface area (TPSA) is 75.8 Å². The normalized spacial score (nSPS) is 22.9. The Morgan fingerprint density at radius 3 is 2.80 bits per heavy atom. The number of carbonyl (C=O) groups excluding carboxylic acids is 1. The van der Waals surface area contributed by atoms with E-state index < -0.39 is 5.60 Å². The molecule has 1 heterocycles. The SMILES string of the molecule is Cc1ccc(OC[C@]2(O)CCN(CCC(N)=O)C2)cc1. The Kier molecular flexibility index (Phi) is 4.62. The van der Waals surface area contributed by atoms with Crippen molar-refractivity contribution in [1.82, 2.24) is 4.90 Å². The lowest BCUT2D eigenvalue weighted by Crippen LogP contribution is -2.39. The van der Waals surface area contributed by atoms with E-state index in [0.29, 0.717) is 25.9 Å². The van der Waals surface area contributed by atoms with Gasteiger partial charge in [-0.15, -0.1) is 0 Å². The number of aryl methyl sites for hydroxylation is 1. The summed E-state index contributed by atoms with van der Waals surface area (Å²) in [5.74, 6) is 0.455. The molecule has 0 radical (unpaired) electrons. The molecule has 0 spiro atoms. The van der Waals surface area contributed by atoms with Crippen LogP contribution in [-0.4, -0.2) is 47.8 Å². The van der Waals surface area contributed by atoms with Gasteiger partial charge in [-0.3, -0.25) is 9.69 Å². The third kappa shape index (κ3) is 4.21. The van der Waals surface area contributed by atoms with Crippen molar-refractivity contribution >= 4 is 5.91 Å². The number of nitrogens with zero attached hydrogens (tertiary/aromatic N) is 1. The number of amides is 1. The maximum Gasteiger partial charge on any atom is 0.218 e. The van der Waals surface area contributed by atoms with Crippen LogP contribution < -0.4 is 10.5 Å². The molecule has 3 N–H and O–H groups in total. The lowest BCUT2D eigenvalue weighted by Gasteiger charge is -2.23. The maximum absolute atomic E-state index is 10.8. The molecule has 0 unspecified atom stereocenters. The summed E-state index contributed by atoms with van der Waals surface area (Å²) >= 11 is 0. The third-order valence-corrected chi connectivity index (χ3v) is 3.61. The van der Waals surface area contributed by atoms with E-state index in [2.05, 4.69) is 0 Å². The molecule has 1 aliphatic rings. The molecule has 20 heavy (non-hydrogen) atoms. The quantitative estimate of drug-likeness (QED) is 0.802. The molecule has 5 heteroatoms. The van der Waals surface area contributed by atoms with Gasteiger partial charge in [0, 0.05) is 26.1 Å². The number of hydrogen-bond acceptors (Lipinski definition) is 4. The Labute approximate surface area is 119 Å². The molecule has 1 atom stereocenters. The van der Waals surface area contributed by atoms with Gasteiger partial charge in [0.2, 0.25) is 5.91 Å². The highest BCUT2D eigenvalue weighted by atomic mass is 16.5. The number of nitrogens with two attached hydrogens (primary N) is 1. The summed E-state index contributed by atoms with van der Waals surface area (Å²) in [7, 11) is 0. The number of carbonyl (C=O) groups is 1. The summed E-state index contributed by atoms with van der Waals surface area (Å²) in [5.41, 5.74) is 5.46. The second kappa shape index (κ2) is 6.24. The minimum Gasteiger partial charge on any atom is -0.491 e. The highest BCUT2D eigenvalue weighted by Crippen LogP contribution is 2.23. The lowest BCUT2D eigenvalue weighted by atomic mass is 10.1. The first-order valence-corrected chi connectivity index (χ1v) is 6.89. The van der Waals surface area contributed by atoms with Crippen LogP contribution in [0.1, 0.15) is 18.4 Å². The smallest absolute Gasteiger partial charge is 0.218 e. The van der Waals surface area contributed by atoms with Crippen LogP contribution >= 0.6 is 0 Å². The first-order chi connectivity index (χ1) is 9.47. The summed E-state index contributed by atoms with van der Waals surface area (Å²) in [4.78, 5) is 12.8. The molecular formula is C15H22N2O3. The first kappa shape index (κ1) is 14.8. The Morgan fingerprint density at radius 1 is 1.45 bits per heavy atom. The molecule has 1 aliphatic heterocycles. The van der Waals surface area contributed by atoms with Crippen LogP contribution in [-0.2, 0) is 4.79 Å². The average Bonchev–Trinajstić information content (AvgIpc) is 2.78. The molecule has 0 saturated carbocycles. The maximum atomic E-state index is 10.8. The number of rotatable bonds is 6. The van der Waals surface area contributed by atoms with Crippen molar-refractivity contribution in [3.63, 3.8) is 0 Å². The molecule has 1 saturated heterocycles. The second-order valence-electron chi connectivity index (χ2n) is 5.57. The van der Waals surface area contributed by atoms with Crippen molar-refractivity contribution in [3.8, 4) is 5.75 Å². The van der Waals surface area contributed by atoms with Crippen LogP contribution in [0.5, 0.6) is 5.75 Å². The molecule has 2 rings (SSSR count). The summed E-state index contributed by atoms with van der Waals surface area (Å²) < 4.78 is 5.65. The predicted octanol–water partition coefficient (Wildman–Crippen LogP) is 0.686. The first-order valence-electron chi connectivity index (χ1n) is 6.89. The van der Waals surface area contributed by atoms with Crippen LogP contribution in [0.25, 0.3) is 0 Å². The van der Waals surface area contributed by atoms with E-state index in [1.54, 1.807) is 0 Å². The minimum absolute atomic E-state index is 0.267. The monoisotopic (exact) mass is 278 g/mol. The largest absolute Gasteiger partial charge is 0.491 e. The van der Waals surface area contributed by atoms with Gasteiger partial charge >= 0.3 is 0 Å². The number of β-amino-alcohol motifs (C(OH)–C–C–N with tert-alkyl or cyclic N) is 1. The Hall–Kier alpha value is -1.59. The zero-order valence-electron chi connectivity index (χ0n) is 11.8. The summed E-state index contributed by atoms with van der Waals surface area (Å²) in [6.45, 7) is 4.17. The molecule has 0 bridgehead atoms. The van der Waals surface area contributed by atoms with Gasteiger partial charge in [0.1, 0.15) is 18.0 Å². The number of hydrogen-bond donors (Lipinski definition) is 2. The molecule has 110 valence electrons. The number of ether oxygens (including phenoxy) is 1. The van der Waals surface area contributed by atoms with Gasteiger partial charge in [0.05, 0.1) is 0 Å². The highest BCUT2D eigenvalue weighted by Gasteiger charge is 2.36. The van der Waals surface area contributed by atoms with Crippen molar-refractivity contribution in [3.05, 3.63) is 29.8 Å². The van der Waals surface area contributed by atoms with Gasteiger partial charge in [-0.05, 0) is 25.5 Å². The molecule has 5 nitrogen and oxygen atoms in total. The molecule has 1 aromatic rings. The minimum atomic E-state index is -0.845. The number of benzene rings is 1. The van der Waals surface area contributed by atoms with Crippen molar-refractivity contribution in [2.24, 2.45) is 5.73 Å². The predicted molar refractivity (Wildman–Crippen MR) is 76.5 cm³/mol. The standard InChI is InChI=1S/C15H22N2O3/c1-12-2-4-13(5-3-12)20-11-15(19)7-9-17(10-15)8-6-14(16)18/h2-5,19H,6-11H2,1H3,(H2,16,18)/t15-/m0/s1. The zero-order chi connectivity index (χ0) is 14.6. The summed E-state index contributed by atoms with van der Waals surface area (Å²) in [6.07, 6.45) is 0.979. The van der Waals surface area contributed by atoms with Crippen LogP contribution in [0.2, 0.25) is 0 Å². The molecule has 1 aromatic carbocycles. The van der Waals surface area contributed by atoms with Crippen molar-refractivity contribution in [2.45, 2.75) is 25.4 Å². The van der Waals surface area contributed by atoms with E-state index in [9.17, 15) is 9.90 Å². The molecule has 1 amide bonds. The van der Waals surface area contributed by atoms with E-state index in [-0.39, 0.29) is 12.5 Å². The van der Waals surface area contributed by atoms with Crippen LogP contribution in [0, 0.1) is 6.92 Å². The van der Waals surface area contributed by atoms with Gasteiger partial charge in [-0.1, -0.05) is 17.7 Å². The van der Waals surface area contributed by atoms with E-state index >= 15 is 0 Å². The van der Waals surface area contributed by atoms with Gasteiger partial charge in [-0.25, -0.2) is 0 Å². The van der Waals surface area contributed by atoms with E-state index in [1.807, 2.05) is 36.1 Å². The average molecular weight is 278 g/mol. The fraction of sp³-hybridized carbons (Fsp3) is 0.533. The number of likely N-dealkylation sites (tertiary alicyclic amines) is 1. The Bertz CT molecular complexity index is 461. The Balaban J connectivity index is 1.80. The fourth-order valence-corrected chi connectivity index (χ4v) is 2.37. The zero-order valence-corrected chi connectivity index (χ0v) is 11.8. The van der Waals surface area contributed by atoms with Crippen molar-refractivity contribution < 1.29 is 14.6 Å². The summed E-state index contributed by atoms with van der Waals surface area (Å²) in [6, 6.07) is 7.76. The number of primary amides is 1. The Morgan fingerprint density at radius 2 is 2.15 bits per heavy atom. The van der Waals surface area contributed by atoms with E-state index in [1.165, 1.54) is 5.56 Å². The van der Waals surface area contributed by atoms with Gasteiger partial charge in [0.25, 0.3) is 0 Å². The third-order valence-electron chi connectivity index (χ3n) is 3.61. The fourth-order valence-electron chi connectivity index (χ4n) is 2.37. The lowest BCUT2D eigenvalue weighted by molar-refractivity contribution is -0.118. The second-order valence-corrected chi connectivity index (χ2v) is 5.57. The highest BCUT2D eigenvalue weighted by molar-refractivity contribution is 5.73. The van der Waals surface area contributed by atoms with Crippen molar-refractivity contribution in [1.29, 1.82) is 0 Å². The van der Waals surface area contributed by atoms with Crippen LogP contribution in [0.15, 0.2) is 24.3 Å². The van der Waals surface area contributed by atoms with E-state index in [4.69, 9.17) is 10.5 Å². The summed E-state index contributed by atoms with van der Waals surface area (Å²) in [5, 5.41) is 10.5. The molecule has 0 aliphatic carbocycles. The van der Waals surface area contributed by atoms with E-state index in [0.717, 1.165) is 12.3 Å². The van der Waals surface area contributed by atoms with Crippen molar-refractivity contribution in [2.75, 3.05) is 26.2 Å². The molecular weight excluding hydrogens is 256 g/mol. The van der Waals surface area contributed by atoms with Crippen LogP contribution in [0.4, 0.5) is 0 Å². The van der Waals surface area contributed by atoms with Gasteiger partial charge < -0.3 is 15.6 Å². The number of aliphatic hydroxyl groups is 1. The van der Waals surface area contributed by atoms with Gasteiger partial charge in [-0.2, -0.15) is 0 Å². The van der Waals surface area contributed by atoms with Crippen LogP contribution in [0.3, 0.4) is 0 Å². The molecule has 1 fully saturated rings. The van der Waals surface area contributed by atoms with Gasteiger partial charge in [0.15, 0.2) is 0 Å². The molecule has 0 aromatic heterocycles.